The summed E-state index contributed by atoms with van der Waals surface area (Å²) in [4.78, 5) is 4.84. The third-order valence-electron chi connectivity index (χ3n) is 5.06. The number of amidine groups is 1. The molecule has 1 aliphatic heterocycles. The summed E-state index contributed by atoms with van der Waals surface area (Å²) in [5.74, 6) is -1.23. The molecule has 0 aromatic heterocycles. The number of nitriles is 1. The maximum absolute atomic E-state index is 13.2. The van der Waals surface area contributed by atoms with Crippen LogP contribution in [0.2, 0.25) is 0 Å². The van der Waals surface area contributed by atoms with E-state index in [9.17, 15) is 18.3 Å². The van der Waals surface area contributed by atoms with Gasteiger partial charge in [0.05, 0.1) is 35.4 Å². The van der Waals surface area contributed by atoms with Gasteiger partial charge in [0.2, 0.25) is 0 Å². The summed E-state index contributed by atoms with van der Waals surface area (Å²) in [6, 6.07) is 12.9. The van der Waals surface area contributed by atoms with E-state index >= 15 is 0 Å². The highest BCUT2D eigenvalue weighted by atomic mass is 19.4. The first-order valence-corrected chi connectivity index (χ1v) is 9.14. The molecule has 1 heterocycles. The van der Waals surface area contributed by atoms with E-state index in [0.29, 0.717) is 16.8 Å². The van der Waals surface area contributed by atoms with E-state index < -0.39 is 17.7 Å². The average Bonchev–Trinajstić information content (AvgIpc) is 2.73. The van der Waals surface area contributed by atoms with Gasteiger partial charge >= 0.3 is 6.18 Å². The number of nitrogens with one attached hydrogen (secondary N) is 1. The maximum Gasteiger partial charge on any atom is 0.416 e. The Labute approximate surface area is 177 Å². The lowest BCUT2D eigenvalue weighted by atomic mass is 9.82. The lowest BCUT2D eigenvalue weighted by Crippen LogP contribution is -2.38. The Hall–Kier alpha value is -4.04. The molecule has 3 rings (SSSR count). The molecule has 0 radical (unpaired) electrons. The first-order valence-electron chi connectivity index (χ1n) is 9.14. The van der Waals surface area contributed by atoms with Gasteiger partial charge in [0.25, 0.3) is 0 Å². The van der Waals surface area contributed by atoms with E-state index in [1.54, 1.807) is 31.2 Å². The Balaban J connectivity index is 2.24. The van der Waals surface area contributed by atoms with Gasteiger partial charge in [-0.15, -0.1) is 0 Å². The number of aliphatic hydroxyl groups excluding tert-OH is 1. The number of aliphatic hydroxyl groups is 1. The predicted octanol–water partition coefficient (Wildman–Crippen LogP) is 6.14. The van der Waals surface area contributed by atoms with Crippen LogP contribution in [0, 0.1) is 23.3 Å². The first-order chi connectivity index (χ1) is 14.6. The van der Waals surface area contributed by atoms with Gasteiger partial charge < -0.3 is 10.0 Å². The van der Waals surface area contributed by atoms with E-state index in [4.69, 9.17) is 17.2 Å². The van der Waals surface area contributed by atoms with Crippen molar-refractivity contribution in [3.8, 4) is 6.07 Å². The lowest BCUT2D eigenvalue weighted by Gasteiger charge is -2.37. The standard InChI is InChI=1S/C23H17F3N4O/c1-13-21(29-3)20(16-9-7-15(12-27)8-10-16)19(14(2)31)22(28)30(13)18-6-4-5-17(11-18)23(24,25)26/h4-11,20,28,31H,1-2H3. The molecule has 0 saturated carbocycles. The first kappa shape index (κ1) is 21.7. The molecule has 1 atom stereocenters. The largest absolute Gasteiger partial charge is 0.512 e. The third-order valence-corrected chi connectivity index (χ3v) is 5.06. The Morgan fingerprint density at radius 3 is 2.39 bits per heavy atom. The van der Waals surface area contributed by atoms with Crippen LogP contribution in [-0.2, 0) is 6.18 Å². The van der Waals surface area contributed by atoms with Gasteiger partial charge in [0, 0.05) is 17.0 Å². The summed E-state index contributed by atoms with van der Waals surface area (Å²) in [7, 11) is 0. The fourth-order valence-corrected chi connectivity index (χ4v) is 3.63. The molecular formula is C23H17F3N4O. The van der Waals surface area contributed by atoms with E-state index in [1.165, 1.54) is 24.0 Å². The Kier molecular flexibility index (Phi) is 5.59. The molecule has 1 unspecified atom stereocenters. The second-order valence-corrected chi connectivity index (χ2v) is 6.98. The minimum atomic E-state index is -4.56. The Bertz CT molecular complexity index is 1190. The van der Waals surface area contributed by atoms with Crippen molar-refractivity contribution in [2.24, 2.45) is 0 Å². The molecule has 0 fully saturated rings. The van der Waals surface area contributed by atoms with Crippen LogP contribution in [0.5, 0.6) is 0 Å². The molecule has 1 aliphatic rings. The molecule has 31 heavy (non-hydrogen) atoms. The monoisotopic (exact) mass is 422 g/mol. The lowest BCUT2D eigenvalue weighted by molar-refractivity contribution is -0.137. The number of hydrogen-bond donors (Lipinski definition) is 2. The quantitative estimate of drug-likeness (QED) is 0.451. The molecule has 0 saturated heterocycles. The molecular weight excluding hydrogens is 405 g/mol. The fraction of sp³-hybridized carbons (Fsp3) is 0.174. The van der Waals surface area contributed by atoms with Crippen molar-refractivity contribution in [2.45, 2.75) is 25.9 Å². The van der Waals surface area contributed by atoms with E-state index in [0.717, 1.165) is 12.1 Å². The molecule has 156 valence electrons. The summed E-state index contributed by atoms with van der Waals surface area (Å²) in [6.45, 7) is 10.6. The Morgan fingerprint density at radius 1 is 1.23 bits per heavy atom. The van der Waals surface area contributed by atoms with Crippen LogP contribution in [0.4, 0.5) is 18.9 Å². The van der Waals surface area contributed by atoms with Crippen molar-refractivity contribution in [1.29, 1.82) is 10.7 Å². The van der Waals surface area contributed by atoms with Crippen molar-refractivity contribution in [3.05, 3.63) is 99.4 Å². The molecule has 0 amide bonds. The number of rotatable bonds is 2. The zero-order valence-electron chi connectivity index (χ0n) is 16.6. The summed E-state index contributed by atoms with van der Waals surface area (Å²) in [5, 5.41) is 28.1. The summed E-state index contributed by atoms with van der Waals surface area (Å²) in [5.41, 5.74) is 0.752. The van der Waals surface area contributed by atoms with E-state index in [-0.39, 0.29) is 28.6 Å². The average molecular weight is 422 g/mol. The molecule has 2 aromatic rings. The smallest absolute Gasteiger partial charge is 0.416 e. The van der Waals surface area contributed by atoms with Gasteiger partial charge in [-0.25, -0.2) is 4.85 Å². The second kappa shape index (κ2) is 8.00. The van der Waals surface area contributed by atoms with Crippen LogP contribution in [0.1, 0.15) is 36.5 Å². The number of hydrogen-bond acceptors (Lipinski definition) is 3. The number of alkyl halides is 3. The van der Waals surface area contributed by atoms with Crippen LogP contribution < -0.4 is 4.90 Å². The molecule has 2 N–H and O–H groups in total. The fourth-order valence-electron chi connectivity index (χ4n) is 3.63. The summed E-state index contributed by atoms with van der Waals surface area (Å²) >= 11 is 0. The van der Waals surface area contributed by atoms with Crippen molar-refractivity contribution >= 4 is 11.5 Å². The van der Waals surface area contributed by atoms with Crippen molar-refractivity contribution in [3.63, 3.8) is 0 Å². The van der Waals surface area contributed by atoms with Crippen LogP contribution in [0.15, 0.2) is 71.3 Å². The molecule has 8 heteroatoms. The number of nitrogens with zero attached hydrogens (tertiary/aromatic N) is 3. The van der Waals surface area contributed by atoms with Crippen LogP contribution in [0.25, 0.3) is 4.85 Å². The predicted molar refractivity (Wildman–Crippen MR) is 110 cm³/mol. The zero-order chi connectivity index (χ0) is 22.9. The molecule has 2 aromatic carbocycles. The maximum atomic E-state index is 13.2. The normalized spacial score (nSPS) is 18.5. The van der Waals surface area contributed by atoms with Gasteiger partial charge in [0.15, 0.2) is 5.70 Å². The third kappa shape index (κ3) is 3.88. The van der Waals surface area contributed by atoms with Gasteiger partial charge in [-0.05, 0) is 49.7 Å². The second-order valence-electron chi connectivity index (χ2n) is 6.98. The van der Waals surface area contributed by atoms with Crippen molar-refractivity contribution in [1.82, 2.24) is 0 Å². The molecule has 0 spiro atoms. The van der Waals surface area contributed by atoms with Crippen molar-refractivity contribution < 1.29 is 18.3 Å². The molecule has 5 nitrogen and oxygen atoms in total. The molecule has 0 bridgehead atoms. The number of allylic oxidation sites excluding steroid dienone is 3. The van der Waals surface area contributed by atoms with Gasteiger partial charge in [-0.3, -0.25) is 5.41 Å². The van der Waals surface area contributed by atoms with Gasteiger partial charge in [-0.2, -0.15) is 18.4 Å². The number of benzene rings is 2. The minimum absolute atomic E-state index is 0.0653. The highest BCUT2D eigenvalue weighted by Gasteiger charge is 2.39. The topological polar surface area (TPSA) is 75.5 Å². The van der Waals surface area contributed by atoms with Crippen LogP contribution in [0.3, 0.4) is 0 Å². The van der Waals surface area contributed by atoms with Crippen LogP contribution in [-0.4, -0.2) is 10.9 Å². The van der Waals surface area contributed by atoms with Crippen molar-refractivity contribution in [2.75, 3.05) is 4.90 Å². The highest BCUT2D eigenvalue weighted by Crippen LogP contribution is 2.44. The van der Waals surface area contributed by atoms with E-state index in [1.807, 2.05) is 6.07 Å². The van der Waals surface area contributed by atoms with Gasteiger partial charge in [-0.1, -0.05) is 18.2 Å². The van der Waals surface area contributed by atoms with E-state index in [2.05, 4.69) is 4.85 Å². The zero-order valence-corrected chi connectivity index (χ0v) is 16.6. The highest BCUT2D eigenvalue weighted by molar-refractivity contribution is 6.13. The Morgan fingerprint density at radius 2 is 1.87 bits per heavy atom. The summed E-state index contributed by atoms with van der Waals surface area (Å²) < 4.78 is 39.7. The minimum Gasteiger partial charge on any atom is -0.512 e. The SMILES string of the molecule is [C-]#[N+]C1=C(C)N(c2cccc(C(F)(F)F)c2)C(=N)C(=C(C)O)C1c1ccc(C#N)cc1. The van der Waals surface area contributed by atoms with Crippen LogP contribution >= 0.6 is 0 Å². The number of anilines is 1. The van der Waals surface area contributed by atoms with Gasteiger partial charge in [0.1, 0.15) is 5.84 Å². The number of halogens is 3. The summed E-state index contributed by atoms with van der Waals surface area (Å²) in [6.07, 6.45) is -4.56. The molecule has 0 aliphatic carbocycles.